The molecule has 1 amide bonds. The fraction of sp³-hybridized carbons (Fsp3) is 0.545. The van der Waals surface area contributed by atoms with Crippen LogP contribution >= 0.6 is 0 Å². The van der Waals surface area contributed by atoms with Gasteiger partial charge < -0.3 is 5.32 Å². The van der Waals surface area contributed by atoms with Crippen molar-refractivity contribution >= 4 is 15.9 Å². The minimum absolute atomic E-state index is 0. The Kier molecular flexibility index (Phi) is 10.3. The number of benzene rings is 1. The highest BCUT2D eigenvalue weighted by atomic mass is 32.2. The normalized spacial score (nSPS) is 21.3. The lowest BCUT2D eigenvalue weighted by Gasteiger charge is -2.25. The summed E-state index contributed by atoms with van der Waals surface area (Å²) in [6.45, 7) is 0.701. The molecule has 1 aliphatic carbocycles. The van der Waals surface area contributed by atoms with Crippen LogP contribution in [-0.4, -0.2) is 37.8 Å². The van der Waals surface area contributed by atoms with Gasteiger partial charge >= 0.3 is 0 Å². The molecule has 0 aromatic heterocycles. The number of amides is 1. The van der Waals surface area contributed by atoms with Gasteiger partial charge in [-0.05, 0) is 43.9 Å². The van der Waals surface area contributed by atoms with E-state index in [1.165, 1.54) is 41.8 Å². The third kappa shape index (κ3) is 6.51. The smallest absolute Gasteiger partial charge is 0.243 e. The number of rotatable bonds is 5. The van der Waals surface area contributed by atoms with Gasteiger partial charge in [0.1, 0.15) is 5.82 Å². The number of nitrogens with one attached hydrogen (secondary N) is 1. The van der Waals surface area contributed by atoms with Gasteiger partial charge in [0.15, 0.2) is 0 Å². The second kappa shape index (κ2) is 11.6. The van der Waals surface area contributed by atoms with Crippen LogP contribution in [0.2, 0.25) is 0 Å². The highest BCUT2D eigenvalue weighted by Crippen LogP contribution is 2.27. The second-order valence-corrected chi connectivity index (χ2v) is 9.34. The van der Waals surface area contributed by atoms with E-state index in [2.05, 4.69) is 5.32 Å². The minimum atomic E-state index is -3.76. The summed E-state index contributed by atoms with van der Waals surface area (Å²) in [5.41, 5.74) is 0. The van der Waals surface area contributed by atoms with Gasteiger partial charge in [-0.2, -0.15) is 4.31 Å². The van der Waals surface area contributed by atoms with Crippen LogP contribution in [0.5, 0.6) is 0 Å². The lowest BCUT2D eigenvalue weighted by atomic mass is 9.90. The zero-order valence-corrected chi connectivity index (χ0v) is 17.9. The van der Waals surface area contributed by atoms with Gasteiger partial charge in [-0.1, -0.05) is 53.0 Å². The Hall–Kier alpha value is -1.47. The summed E-state index contributed by atoms with van der Waals surface area (Å²) >= 11 is 0. The summed E-state index contributed by atoms with van der Waals surface area (Å²) < 4.78 is 40.6. The molecular formula is C22H32FN2O3S. The maximum atomic E-state index is 13.5. The largest absolute Gasteiger partial charge is 0.354 e. The molecule has 7 heteroatoms. The number of hydrogen-bond acceptors (Lipinski definition) is 3. The van der Waals surface area contributed by atoms with E-state index >= 15 is 0 Å². The summed E-state index contributed by atoms with van der Waals surface area (Å²) in [7, 11) is -3.76. The quantitative estimate of drug-likeness (QED) is 0.776. The van der Waals surface area contributed by atoms with Crippen LogP contribution in [0.1, 0.15) is 57.8 Å². The first kappa shape index (κ1) is 25.6. The Morgan fingerprint density at radius 2 is 1.72 bits per heavy atom. The predicted octanol–water partition coefficient (Wildman–Crippen LogP) is 4.07. The maximum absolute atomic E-state index is 13.5. The van der Waals surface area contributed by atoms with E-state index in [-0.39, 0.29) is 31.7 Å². The van der Waals surface area contributed by atoms with Gasteiger partial charge in [-0.15, -0.1) is 0 Å². The van der Waals surface area contributed by atoms with Crippen LogP contribution in [0.15, 0.2) is 29.2 Å². The SMILES string of the molecule is O=C(NC[C@H]1CCCN1S(=O)(=O)c1cccc(F)c1)[C]1CCCCCCC1.[CH2].[CH2]. The van der Waals surface area contributed by atoms with E-state index in [4.69, 9.17) is 0 Å². The molecule has 2 fully saturated rings. The number of hydrogen-bond donors (Lipinski definition) is 1. The van der Waals surface area contributed by atoms with Gasteiger partial charge in [-0.3, -0.25) is 4.79 Å². The van der Waals surface area contributed by atoms with E-state index in [9.17, 15) is 17.6 Å². The van der Waals surface area contributed by atoms with Crippen LogP contribution in [0.4, 0.5) is 4.39 Å². The number of nitrogens with zero attached hydrogens (tertiary/aromatic N) is 1. The molecule has 5 nitrogen and oxygen atoms in total. The van der Waals surface area contributed by atoms with E-state index in [0.717, 1.165) is 44.1 Å². The monoisotopic (exact) mass is 423 g/mol. The first-order valence-corrected chi connectivity index (χ1v) is 11.3. The highest BCUT2D eigenvalue weighted by molar-refractivity contribution is 7.89. The number of halogens is 1. The average Bonchev–Trinajstić information content (AvgIpc) is 3.09. The van der Waals surface area contributed by atoms with E-state index in [1.807, 2.05) is 0 Å². The summed E-state index contributed by atoms with van der Waals surface area (Å²) in [4.78, 5) is 12.5. The molecular weight excluding hydrogens is 391 g/mol. The molecule has 1 aromatic carbocycles. The second-order valence-electron chi connectivity index (χ2n) is 7.45. The third-order valence-electron chi connectivity index (χ3n) is 5.50. The molecule has 161 valence electrons. The summed E-state index contributed by atoms with van der Waals surface area (Å²) in [6.07, 6.45) is 8.78. The van der Waals surface area contributed by atoms with Crippen molar-refractivity contribution in [3.8, 4) is 0 Å². The zero-order chi connectivity index (χ0) is 19.3. The van der Waals surface area contributed by atoms with Crippen LogP contribution in [-0.2, 0) is 14.8 Å². The van der Waals surface area contributed by atoms with Gasteiger partial charge in [0.05, 0.1) is 10.8 Å². The molecule has 1 saturated heterocycles. The van der Waals surface area contributed by atoms with E-state index in [1.54, 1.807) is 0 Å². The van der Waals surface area contributed by atoms with Crippen molar-refractivity contribution in [2.45, 2.75) is 68.7 Å². The van der Waals surface area contributed by atoms with Gasteiger partial charge in [-0.25, -0.2) is 12.8 Å². The van der Waals surface area contributed by atoms with Crippen LogP contribution < -0.4 is 5.32 Å². The molecule has 1 N–H and O–H groups in total. The molecule has 0 spiro atoms. The zero-order valence-electron chi connectivity index (χ0n) is 17.0. The Morgan fingerprint density at radius 1 is 1.07 bits per heavy atom. The molecule has 0 unspecified atom stereocenters. The molecule has 1 saturated carbocycles. The number of carbonyl (C=O) groups excluding carboxylic acids is 1. The first-order chi connectivity index (χ1) is 13.0. The Balaban J connectivity index is 0.00000210. The Bertz CT molecular complexity index is 746. The standard InChI is InChI=1S/C20H28FN2O3S.2CH2/c21-17-10-6-12-19(14-17)27(25,26)23-13-7-11-18(23)15-22-20(24)16-8-4-2-1-3-5-9-16;;/h6,10,12,14,18H,1-5,7-9,11,13,15H2,(H,22,24);2*1H2/t18-;;/m1../s1. The van der Waals surface area contributed by atoms with E-state index < -0.39 is 15.8 Å². The van der Waals surface area contributed by atoms with Crippen LogP contribution in [0.25, 0.3) is 0 Å². The fourth-order valence-electron chi connectivity index (χ4n) is 3.99. The number of sulfonamides is 1. The summed E-state index contributed by atoms with van der Waals surface area (Å²) in [5.74, 6) is 0.333. The topological polar surface area (TPSA) is 66.5 Å². The molecule has 3 rings (SSSR count). The Labute approximate surface area is 176 Å². The van der Waals surface area contributed by atoms with Crippen molar-refractivity contribution in [1.29, 1.82) is 0 Å². The van der Waals surface area contributed by atoms with Crippen LogP contribution in [0, 0.1) is 26.6 Å². The first-order valence-electron chi connectivity index (χ1n) is 9.89. The maximum Gasteiger partial charge on any atom is 0.243 e. The van der Waals surface area contributed by atoms with Crippen molar-refractivity contribution in [3.63, 3.8) is 0 Å². The van der Waals surface area contributed by atoms with Crippen molar-refractivity contribution in [1.82, 2.24) is 9.62 Å². The fourth-order valence-corrected chi connectivity index (χ4v) is 5.71. The molecule has 5 radical (unpaired) electrons. The van der Waals surface area contributed by atoms with Crippen molar-refractivity contribution in [2.24, 2.45) is 0 Å². The van der Waals surface area contributed by atoms with E-state index in [0.29, 0.717) is 19.5 Å². The van der Waals surface area contributed by atoms with Gasteiger partial charge in [0.25, 0.3) is 0 Å². The third-order valence-corrected chi connectivity index (χ3v) is 7.45. The van der Waals surface area contributed by atoms with Crippen LogP contribution in [0.3, 0.4) is 0 Å². The highest BCUT2D eigenvalue weighted by Gasteiger charge is 2.36. The van der Waals surface area contributed by atoms with Gasteiger partial charge in [0.2, 0.25) is 15.9 Å². The summed E-state index contributed by atoms with van der Waals surface area (Å²) in [5, 5.41) is 2.95. The molecule has 29 heavy (non-hydrogen) atoms. The molecule has 0 bridgehead atoms. The molecule has 1 heterocycles. The Morgan fingerprint density at radius 3 is 2.38 bits per heavy atom. The van der Waals surface area contributed by atoms with Crippen molar-refractivity contribution < 1.29 is 17.6 Å². The average molecular weight is 424 g/mol. The number of carbonyl (C=O) groups is 1. The lowest BCUT2D eigenvalue weighted by Crippen LogP contribution is -2.44. The lowest BCUT2D eigenvalue weighted by molar-refractivity contribution is -0.120. The molecule has 2 aliphatic rings. The van der Waals surface area contributed by atoms with Crippen molar-refractivity contribution in [3.05, 3.63) is 50.9 Å². The van der Waals surface area contributed by atoms with Crippen molar-refractivity contribution in [2.75, 3.05) is 13.1 Å². The summed E-state index contributed by atoms with van der Waals surface area (Å²) in [6, 6.07) is 4.81. The molecule has 1 atom stereocenters. The predicted molar refractivity (Wildman–Crippen MR) is 113 cm³/mol. The van der Waals surface area contributed by atoms with Gasteiger partial charge in [0, 0.05) is 19.1 Å². The molecule has 1 aliphatic heterocycles. The minimum Gasteiger partial charge on any atom is -0.354 e. The molecule has 1 aromatic rings.